The van der Waals surface area contributed by atoms with Gasteiger partial charge in [0.15, 0.2) is 17.3 Å². The second-order valence-corrected chi connectivity index (χ2v) is 7.15. The number of H-pyrrole nitrogens is 1. The molecule has 1 saturated heterocycles. The lowest BCUT2D eigenvalue weighted by molar-refractivity contribution is -0.0217. The van der Waals surface area contributed by atoms with E-state index in [-0.39, 0.29) is 18.3 Å². The minimum atomic E-state index is -0.822. The molecular weight excluding hydrogens is 374 g/mol. The van der Waals surface area contributed by atoms with Gasteiger partial charge in [0.05, 0.1) is 17.6 Å². The van der Waals surface area contributed by atoms with Gasteiger partial charge in [0.2, 0.25) is 5.75 Å². The molecule has 8 nitrogen and oxygen atoms in total. The minimum absolute atomic E-state index is 0.174. The predicted molar refractivity (Wildman–Crippen MR) is 104 cm³/mol. The second-order valence-electron chi connectivity index (χ2n) is 7.15. The molecule has 2 N–H and O–H groups in total. The van der Waals surface area contributed by atoms with Crippen molar-refractivity contribution in [2.45, 2.75) is 18.6 Å². The number of carbonyl (C=O) groups excluding carboxylic acids is 1. The predicted octanol–water partition coefficient (Wildman–Crippen LogP) is 1.99. The molecule has 150 valence electrons. The lowest BCUT2D eigenvalue weighted by atomic mass is 10.0. The molecule has 1 aromatic heterocycles. The number of carbonyl (C=O) groups is 1. The molecular formula is C21H21N3O5. The van der Waals surface area contributed by atoms with Crippen LogP contribution in [-0.2, 0) is 0 Å². The van der Waals surface area contributed by atoms with Crippen molar-refractivity contribution >= 4 is 16.9 Å². The van der Waals surface area contributed by atoms with Gasteiger partial charge in [0.25, 0.3) is 5.91 Å². The number of benzene rings is 2. The summed E-state index contributed by atoms with van der Waals surface area (Å²) in [5.74, 6) is 1.80. The number of aliphatic hydroxyl groups excluding tert-OH is 1. The third-order valence-electron chi connectivity index (χ3n) is 5.21. The van der Waals surface area contributed by atoms with E-state index in [1.165, 1.54) is 0 Å². The van der Waals surface area contributed by atoms with Crippen molar-refractivity contribution in [3.63, 3.8) is 0 Å². The number of para-hydroxylation sites is 3. The van der Waals surface area contributed by atoms with Crippen LogP contribution in [0, 0.1) is 0 Å². The summed E-state index contributed by atoms with van der Waals surface area (Å²) in [6.45, 7) is 1.60. The van der Waals surface area contributed by atoms with E-state index in [2.05, 4.69) is 9.97 Å². The molecule has 0 spiro atoms. The Bertz CT molecular complexity index is 1020. The van der Waals surface area contributed by atoms with Crippen molar-refractivity contribution in [3.05, 3.63) is 48.3 Å². The Morgan fingerprint density at radius 3 is 2.90 bits per heavy atom. The summed E-state index contributed by atoms with van der Waals surface area (Å²) < 4.78 is 17.3. The van der Waals surface area contributed by atoms with Crippen molar-refractivity contribution < 1.29 is 24.1 Å². The maximum Gasteiger partial charge on any atom is 0.289 e. The third-order valence-corrected chi connectivity index (χ3v) is 5.21. The fourth-order valence-corrected chi connectivity index (χ4v) is 3.74. The normalized spacial score (nSPS) is 21.2. The van der Waals surface area contributed by atoms with Crippen molar-refractivity contribution in [2.75, 3.05) is 26.3 Å². The largest absolute Gasteiger partial charge is 0.486 e. The molecule has 8 heteroatoms. The van der Waals surface area contributed by atoms with Crippen LogP contribution in [0.2, 0.25) is 0 Å². The summed E-state index contributed by atoms with van der Waals surface area (Å²) in [5, 5.41) is 10.6. The fraction of sp³-hybridized carbons (Fsp3) is 0.333. The van der Waals surface area contributed by atoms with Crippen LogP contribution >= 0.6 is 0 Å². The number of ether oxygens (including phenoxy) is 3. The Labute approximate surface area is 167 Å². The van der Waals surface area contributed by atoms with Crippen LogP contribution in [0.3, 0.4) is 0 Å². The highest BCUT2D eigenvalue weighted by Crippen LogP contribution is 2.40. The van der Waals surface area contributed by atoms with Gasteiger partial charge in [-0.2, -0.15) is 0 Å². The second kappa shape index (κ2) is 7.29. The number of aliphatic hydroxyl groups is 1. The number of hydrogen-bond acceptors (Lipinski definition) is 6. The van der Waals surface area contributed by atoms with Gasteiger partial charge in [-0.1, -0.05) is 18.2 Å². The van der Waals surface area contributed by atoms with Crippen LogP contribution < -0.4 is 14.2 Å². The molecule has 2 aliphatic rings. The topological polar surface area (TPSA) is 96.9 Å². The zero-order valence-corrected chi connectivity index (χ0v) is 15.7. The van der Waals surface area contributed by atoms with Crippen LogP contribution in [-0.4, -0.2) is 64.4 Å². The van der Waals surface area contributed by atoms with E-state index in [9.17, 15) is 9.90 Å². The third kappa shape index (κ3) is 3.36. The van der Waals surface area contributed by atoms with E-state index in [0.717, 1.165) is 11.0 Å². The van der Waals surface area contributed by atoms with E-state index < -0.39 is 12.2 Å². The average molecular weight is 395 g/mol. The summed E-state index contributed by atoms with van der Waals surface area (Å²) in [6, 6.07) is 12.9. The summed E-state index contributed by atoms with van der Waals surface area (Å²) in [6.07, 6.45) is -0.762. The van der Waals surface area contributed by atoms with Crippen molar-refractivity contribution in [3.8, 4) is 17.2 Å². The molecule has 1 fully saturated rings. The first kappa shape index (κ1) is 17.8. The molecule has 1 amide bonds. The van der Waals surface area contributed by atoms with E-state index >= 15 is 0 Å². The number of likely N-dealkylation sites (tertiary alicyclic amines) is 1. The first-order valence-corrected chi connectivity index (χ1v) is 9.66. The molecule has 29 heavy (non-hydrogen) atoms. The average Bonchev–Trinajstić information content (AvgIpc) is 3.19. The van der Waals surface area contributed by atoms with Gasteiger partial charge in [-0.25, -0.2) is 4.98 Å². The zero-order valence-electron chi connectivity index (χ0n) is 15.7. The molecule has 2 aromatic carbocycles. The van der Waals surface area contributed by atoms with Crippen molar-refractivity contribution in [1.82, 2.24) is 14.9 Å². The highest BCUT2D eigenvalue weighted by Gasteiger charge is 2.34. The summed E-state index contributed by atoms with van der Waals surface area (Å²) in [5.41, 5.74) is 1.55. The molecule has 0 unspecified atom stereocenters. The van der Waals surface area contributed by atoms with Crippen LogP contribution in [0.15, 0.2) is 42.5 Å². The van der Waals surface area contributed by atoms with Crippen LogP contribution in [0.1, 0.15) is 17.0 Å². The number of amides is 1. The molecule has 2 atom stereocenters. The van der Waals surface area contributed by atoms with E-state index in [1.54, 1.807) is 11.0 Å². The van der Waals surface area contributed by atoms with Gasteiger partial charge < -0.3 is 29.2 Å². The Morgan fingerprint density at radius 2 is 2.03 bits per heavy atom. The SMILES string of the molecule is O=C(c1nc2ccccc2[nH]1)N1CC[C@@H](Oc2cccc3c2OCCO3)[C@H](O)C1. The molecule has 0 saturated carbocycles. The zero-order chi connectivity index (χ0) is 19.8. The van der Waals surface area contributed by atoms with Crippen LogP contribution in [0.25, 0.3) is 11.0 Å². The highest BCUT2D eigenvalue weighted by atomic mass is 16.6. The highest BCUT2D eigenvalue weighted by molar-refractivity contribution is 5.94. The fourth-order valence-electron chi connectivity index (χ4n) is 3.74. The van der Waals surface area contributed by atoms with Gasteiger partial charge in [0.1, 0.15) is 25.4 Å². The lowest BCUT2D eigenvalue weighted by Gasteiger charge is -2.36. The molecule has 5 rings (SSSR count). The molecule has 0 bridgehead atoms. The Balaban J connectivity index is 1.28. The van der Waals surface area contributed by atoms with Crippen molar-refractivity contribution in [1.29, 1.82) is 0 Å². The van der Waals surface area contributed by atoms with Gasteiger partial charge in [-0.15, -0.1) is 0 Å². The van der Waals surface area contributed by atoms with Crippen LogP contribution in [0.5, 0.6) is 17.2 Å². The smallest absolute Gasteiger partial charge is 0.289 e. The number of aromatic nitrogens is 2. The number of fused-ring (bicyclic) bond motifs is 2. The van der Waals surface area contributed by atoms with Gasteiger partial charge in [0, 0.05) is 13.0 Å². The number of aromatic amines is 1. The number of hydrogen-bond donors (Lipinski definition) is 2. The van der Waals surface area contributed by atoms with Crippen molar-refractivity contribution in [2.24, 2.45) is 0 Å². The minimum Gasteiger partial charge on any atom is -0.486 e. The number of rotatable bonds is 3. The Morgan fingerprint density at radius 1 is 1.17 bits per heavy atom. The molecule has 3 heterocycles. The summed E-state index contributed by atoms with van der Waals surface area (Å²) in [4.78, 5) is 21.8. The molecule has 3 aromatic rings. The lowest BCUT2D eigenvalue weighted by Crippen LogP contribution is -2.51. The number of imidazole rings is 1. The summed E-state index contributed by atoms with van der Waals surface area (Å²) in [7, 11) is 0. The van der Waals surface area contributed by atoms with E-state index in [0.29, 0.717) is 43.4 Å². The van der Waals surface area contributed by atoms with Gasteiger partial charge in [-0.05, 0) is 24.3 Å². The number of β-amino-alcohol motifs (C(OH)–C–C–N with tert-alkyl or cyclic N) is 1. The van der Waals surface area contributed by atoms with Gasteiger partial charge in [-0.3, -0.25) is 4.79 Å². The van der Waals surface area contributed by atoms with E-state index in [1.807, 2.05) is 36.4 Å². The van der Waals surface area contributed by atoms with Crippen LogP contribution in [0.4, 0.5) is 0 Å². The molecule has 0 aliphatic carbocycles. The number of piperidine rings is 1. The van der Waals surface area contributed by atoms with Gasteiger partial charge >= 0.3 is 0 Å². The standard InChI is InChI=1S/C21H21N3O5/c25-15-12-24(21(26)20-22-13-4-1-2-5-14(13)23-20)9-8-16(15)29-18-7-3-6-17-19(18)28-11-10-27-17/h1-7,15-16,25H,8-12H2,(H,22,23)/t15-,16-/m1/s1. The molecule has 2 aliphatic heterocycles. The maximum absolute atomic E-state index is 12.8. The first-order valence-electron chi connectivity index (χ1n) is 9.66. The Kier molecular flexibility index (Phi) is 4.48. The number of nitrogens with one attached hydrogen (secondary N) is 1. The summed E-state index contributed by atoms with van der Waals surface area (Å²) >= 11 is 0. The maximum atomic E-state index is 12.8. The molecule has 0 radical (unpaired) electrons. The quantitative estimate of drug-likeness (QED) is 0.704. The number of nitrogens with zero attached hydrogens (tertiary/aromatic N) is 2. The van der Waals surface area contributed by atoms with E-state index in [4.69, 9.17) is 14.2 Å². The Hall–Kier alpha value is -3.26. The first-order chi connectivity index (χ1) is 14.2. The monoisotopic (exact) mass is 395 g/mol.